The second-order valence-electron chi connectivity index (χ2n) is 4.85. The first-order valence-corrected chi connectivity index (χ1v) is 6.21. The van der Waals surface area contributed by atoms with Crippen LogP contribution in [0.4, 0.5) is 0 Å². The van der Waals surface area contributed by atoms with E-state index in [-0.39, 0.29) is 23.0 Å². The lowest BCUT2D eigenvalue weighted by Gasteiger charge is -2.39. The van der Waals surface area contributed by atoms with E-state index in [1.807, 2.05) is 13.8 Å². The first-order chi connectivity index (χ1) is 8.95. The predicted octanol–water partition coefficient (Wildman–Crippen LogP) is 1.62. The molecule has 104 valence electrons. The second-order valence-corrected chi connectivity index (χ2v) is 4.85. The zero-order valence-electron chi connectivity index (χ0n) is 11.0. The molecule has 1 amide bonds. The van der Waals surface area contributed by atoms with Crippen LogP contribution in [0.5, 0.6) is 0 Å². The van der Waals surface area contributed by atoms with Crippen molar-refractivity contribution < 1.29 is 23.8 Å². The molecule has 1 N–H and O–H groups in total. The van der Waals surface area contributed by atoms with E-state index in [4.69, 9.17) is 14.3 Å². The Hall–Kier alpha value is -1.82. The van der Waals surface area contributed by atoms with Gasteiger partial charge in [0.15, 0.2) is 5.76 Å². The summed E-state index contributed by atoms with van der Waals surface area (Å²) in [6.07, 6.45) is 0.801. The summed E-state index contributed by atoms with van der Waals surface area (Å²) in [6, 6.07) is 2.68. The maximum absolute atomic E-state index is 12.2. The van der Waals surface area contributed by atoms with E-state index < -0.39 is 5.97 Å². The van der Waals surface area contributed by atoms with Gasteiger partial charge in [0.1, 0.15) is 0 Å². The summed E-state index contributed by atoms with van der Waals surface area (Å²) in [5.41, 5.74) is -0.351. The number of furan rings is 1. The predicted molar refractivity (Wildman–Crippen MR) is 66.2 cm³/mol. The lowest BCUT2D eigenvalue weighted by atomic mass is 10.0. The number of carbonyl (C=O) groups is 2. The maximum Gasteiger partial charge on any atom is 0.371 e. The van der Waals surface area contributed by atoms with Crippen molar-refractivity contribution in [2.75, 3.05) is 19.7 Å². The van der Waals surface area contributed by atoms with Crippen LogP contribution in [0.3, 0.4) is 0 Å². The first-order valence-electron chi connectivity index (χ1n) is 6.21. The minimum absolute atomic E-state index is 0.0535. The van der Waals surface area contributed by atoms with Crippen LogP contribution < -0.4 is 0 Å². The van der Waals surface area contributed by atoms with E-state index in [0.717, 1.165) is 6.42 Å². The number of morpholine rings is 1. The Bertz CT molecular complexity index is 495. The Morgan fingerprint density at radius 2 is 2.11 bits per heavy atom. The molecular formula is C13H17NO5. The summed E-state index contributed by atoms with van der Waals surface area (Å²) in [6.45, 7) is 5.40. The van der Waals surface area contributed by atoms with E-state index in [0.29, 0.717) is 19.7 Å². The molecule has 1 aliphatic rings. The molecule has 0 radical (unpaired) electrons. The molecule has 0 saturated carbocycles. The van der Waals surface area contributed by atoms with Gasteiger partial charge in [-0.1, -0.05) is 6.92 Å². The molecule has 0 aromatic carbocycles. The summed E-state index contributed by atoms with van der Waals surface area (Å²) in [5, 5.41) is 8.77. The van der Waals surface area contributed by atoms with Gasteiger partial charge < -0.3 is 19.2 Å². The normalized spacial score (nSPS) is 23.4. The average molecular weight is 267 g/mol. The van der Waals surface area contributed by atoms with Gasteiger partial charge in [-0.05, 0) is 25.5 Å². The smallest absolute Gasteiger partial charge is 0.371 e. The van der Waals surface area contributed by atoms with Crippen LogP contribution in [-0.2, 0) is 4.74 Å². The number of aromatic carboxylic acids is 1. The minimum atomic E-state index is -1.18. The molecule has 0 bridgehead atoms. The number of carboxylic acid groups (broad SMARTS) is 1. The van der Waals surface area contributed by atoms with Gasteiger partial charge in [-0.2, -0.15) is 0 Å². The standard InChI is InChI=1S/C13H17NO5/c1-3-13(2)8-14(6-7-18-13)11(15)9-4-5-10(19-9)12(16)17/h4-5H,3,6-8H2,1-2H3,(H,16,17). The van der Waals surface area contributed by atoms with Gasteiger partial charge in [0.25, 0.3) is 5.91 Å². The molecule has 19 heavy (non-hydrogen) atoms. The van der Waals surface area contributed by atoms with Crippen LogP contribution >= 0.6 is 0 Å². The van der Waals surface area contributed by atoms with E-state index in [1.54, 1.807) is 4.90 Å². The van der Waals surface area contributed by atoms with Gasteiger partial charge in [-0.25, -0.2) is 4.79 Å². The van der Waals surface area contributed by atoms with Gasteiger partial charge in [-0.3, -0.25) is 4.79 Å². The first kappa shape index (κ1) is 13.6. The van der Waals surface area contributed by atoms with Crippen molar-refractivity contribution in [2.45, 2.75) is 25.9 Å². The Morgan fingerprint density at radius 1 is 1.42 bits per heavy atom. The van der Waals surface area contributed by atoms with Gasteiger partial charge in [-0.15, -0.1) is 0 Å². The summed E-state index contributed by atoms with van der Waals surface area (Å²) in [4.78, 5) is 24.6. The van der Waals surface area contributed by atoms with Crippen LogP contribution in [0.2, 0.25) is 0 Å². The van der Waals surface area contributed by atoms with Gasteiger partial charge in [0.2, 0.25) is 5.76 Å². The van der Waals surface area contributed by atoms with Crippen molar-refractivity contribution in [3.8, 4) is 0 Å². The number of amides is 1. The van der Waals surface area contributed by atoms with Crippen molar-refractivity contribution in [1.29, 1.82) is 0 Å². The van der Waals surface area contributed by atoms with Gasteiger partial charge >= 0.3 is 5.97 Å². The van der Waals surface area contributed by atoms with Crippen molar-refractivity contribution in [3.63, 3.8) is 0 Å². The van der Waals surface area contributed by atoms with E-state index in [9.17, 15) is 9.59 Å². The highest BCUT2D eigenvalue weighted by atomic mass is 16.5. The third-order valence-electron chi connectivity index (χ3n) is 3.40. The average Bonchev–Trinajstić information content (AvgIpc) is 2.87. The van der Waals surface area contributed by atoms with Crippen molar-refractivity contribution in [2.24, 2.45) is 0 Å². The molecule has 0 aliphatic carbocycles. The summed E-state index contributed by atoms with van der Waals surface area (Å²) < 4.78 is 10.7. The number of rotatable bonds is 3. The van der Waals surface area contributed by atoms with Crippen LogP contribution in [0.25, 0.3) is 0 Å². The molecule has 1 atom stereocenters. The van der Waals surface area contributed by atoms with Crippen LogP contribution in [0.15, 0.2) is 16.5 Å². The lowest BCUT2D eigenvalue weighted by molar-refractivity contribution is -0.0901. The maximum atomic E-state index is 12.2. The molecule has 2 rings (SSSR count). The highest BCUT2D eigenvalue weighted by molar-refractivity contribution is 5.93. The highest BCUT2D eigenvalue weighted by Gasteiger charge is 2.34. The molecule has 6 nitrogen and oxygen atoms in total. The molecule has 1 aromatic rings. The SMILES string of the molecule is CCC1(C)CN(C(=O)c2ccc(C(=O)O)o2)CCO1. The number of nitrogens with zero attached hydrogens (tertiary/aromatic N) is 1. The zero-order valence-corrected chi connectivity index (χ0v) is 11.0. The van der Waals surface area contributed by atoms with Gasteiger partial charge in [0.05, 0.1) is 12.2 Å². The van der Waals surface area contributed by atoms with E-state index >= 15 is 0 Å². The fourth-order valence-electron chi connectivity index (χ4n) is 2.04. The van der Waals surface area contributed by atoms with Crippen molar-refractivity contribution in [3.05, 3.63) is 23.7 Å². The van der Waals surface area contributed by atoms with Crippen LogP contribution in [0.1, 0.15) is 41.4 Å². The Balaban J connectivity index is 2.12. The summed E-state index contributed by atoms with van der Waals surface area (Å²) >= 11 is 0. The van der Waals surface area contributed by atoms with Gasteiger partial charge in [0, 0.05) is 13.1 Å². The van der Waals surface area contributed by atoms with Crippen LogP contribution in [0, 0.1) is 0 Å². The molecule has 2 heterocycles. The molecule has 0 spiro atoms. The fraction of sp³-hybridized carbons (Fsp3) is 0.538. The third kappa shape index (κ3) is 2.78. The molecule has 1 unspecified atom stereocenters. The Morgan fingerprint density at radius 3 is 2.68 bits per heavy atom. The molecule has 1 saturated heterocycles. The number of hydrogen-bond donors (Lipinski definition) is 1. The van der Waals surface area contributed by atoms with E-state index in [2.05, 4.69) is 0 Å². The minimum Gasteiger partial charge on any atom is -0.475 e. The van der Waals surface area contributed by atoms with Crippen LogP contribution in [-0.4, -0.2) is 47.2 Å². The quantitative estimate of drug-likeness (QED) is 0.900. The molecule has 1 aliphatic heterocycles. The molecular weight excluding hydrogens is 250 g/mol. The van der Waals surface area contributed by atoms with E-state index in [1.165, 1.54) is 12.1 Å². The largest absolute Gasteiger partial charge is 0.475 e. The number of carbonyl (C=O) groups excluding carboxylic acids is 1. The topological polar surface area (TPSA) is 80.0 Å². The Kier molecular flexibility index (Phi) is 3.61. The Labute approximate surface area is 110 Å². The molecule has 1 fully saturated rings. The lowest BCUT2D eigenvalue weighted by Crippen LogP contribution is -2.51. The zero-order chi connectivity index (χ0) is 14.0. The molecule has 1 aromatic heterocycles. The molecule has 6 heteroatoms. The monoisotopic (exact) mass is 267 g/mol. The summed E-state index contributed by atoms with van der Waals surface area (Å²) in [7, 11) is 0. The fourth-order valence-corrected chi connectivity index (χ4v) is 2.04. The van der Waals surface area contributed by atoms with Crippen molar-refractivity contribution >= 4 is 11.9 Å². The number of ether oxygens (including phenoxy) is 1. The third-order valence-corrected chi connectivity index (χ3v) is 3.40. The number of hydrogen-bond acceptors (Lipinski definition) is 4. The number of carboxylic acids is 1. The summed E-state index contributed by atoms with van der Waals surface area (Å²) in [5.74, 6) is -1.65. The highest BCUT2D eigenvalue weighted by Crippen LogP contribution is 2.22. The second kappa shape index (κ2) is 5.05. The van der Waals surface area contributed by atoms with Crippen molar-refractivity contribution in [1.82, 2.24) is 4.90 Å².